The number of phenols is 1. The number of benzene rings is 1. The predicted molar refractivity (Wildman–Crippen MR) is 62.5 cm³/mol. The molecular formula is C12H19NO3. The number of rotatable bonds is 5. The van der Waals surface area contributed by atoms with Crippen LogP contribution in [0.2, 0.25) is 0 Å². The highest BCUT2D eigenvalue weighted by Gasteiger charge is 2.19. The van der Waals surface area contributed by atoms with Gasteiger partial charge < -0.3 is 14.9 Å². The third-order valence-corrected chi connectivity index (χ3v) is 2.03. The molecule has 0 aliphatic rings. The van der Waals surface area contributed by atoms with Crippen LogP contribution in [0.5, 0.6) is 11.5 Å². The molecule has 4 heteroatoms. The van der Waals surface area contributed by atoms with E-state index in [0.29, 0.717) is 12.3 Å². The van der Waals surface area contributed by atoms with Crippen molar-refractivity contribution in [2.24, 2.45) is 0 Å². The molecule has 90 valence electrons. The number of aliphatic hydroxyl groups excluding tert-OH is 1. The van der Waals surface area contributed by atoms with Crippen molar-refractivity contribution in [3.05, 3.63) is 24.3 Å². The molecule has 1 atom stereocenters. The van der Waals surface area contributed by atoms with Gasteiger partial charge in [-0.25, -0.2) is 0 Å². The molecule has 16 heavy (non-hydrogen) atoms. The lowest BCUT2D eigenvalue weighted by Gasteiger charge is -2.28. The van der Waals surface area contributed by atoms with Crippen molar-refractivity contribution < 1.29 is 14.9 Å². The second-order valence-corrected chi connectivity index (χ2v) is 4.34. The summed E-state index contributed by atoms with van der Waals surface area (Å²) >= 11 is 0. The Hall–Kier alpha value is -1.26. The first-order valence-electron chi connectivity index (χ1n) is 5.30. The van der Waals surface area contributed by atoms with Gasteiger partial charge in [-0.3, -0.25) is 5.32 Å². The molecule has 0 aliphatic heterocycles. The molecule has 3 N–H and O–H groups in total. The van der Waals surface area contributed by atoms with Crippen LogP contribution >= 0.6 is 0 Å². The summed E-state index contributed by atoms with van der Waals surface area (Å²) in [4.78, 5) is 0. The average Bonchev–Trinajstić information content (AvgIpc) is 2.19. The summed E-state index contributed by atoms with van der Waals surface area (Å²) in [6, 6.07) is 6.53. The Morgan fingerprint density at radius 1 is 1.31 bits per heavy atom. The summed E-state index contributed by atoms with van der Waals surface area (Å²) in [5.74, 6) is 0.878. The van der Waals surface area contributed by atoms with Crippen molar-refractivity contribution in [2.75, 3.05) is 6.54 Å². The zero-order valence-corrected chi connectivity index (χ0v) is 9.90. The summed E-state index contributed by atoms with van der Waals surface area (Å²) in [6.45, 7) is 5.93. The second kappa shape index (κ2) is 5.18. The fourth-order valence-corrected chi connectivity index (χ4v) is 1.24. The second-order valence-electron chi connectivity index (χ2n) is 4.34. The average molecular weight is 225 g/mol. The minimum absolute atomic E-state index is 0.210. The molecule has 0 amide bonds. The summed E-state index contributed by atoms with van der Waals surface area (Å²) in [7, 11) is 0. The summed E-state index contributed by atoms with van der Waals surface area (Å²) in [5, 5.41) is 21.4. The molecule has 0 aliphatic carbocycles. The SMILES string of the molecule is CC(O)CNC(C)(C)Oc1ccc(O)cc1. The lowest BCUT2D eigenvalue weighted by molar-refractivity contribution is 0.0546. The number of aliphatic hydroxyl groups is 1. The maximum absolute atomic E-state index is 9.17. The van der Waals surface area contributed by atoms with Gasteiger partial charge in [-0.05, 0) is 45.0 Å². The van der Waals surface area contributed by atoms with E-state index in [0.717, 1.165) is 0 Å². The number of nitrogens with one attached hydrogen (secondary N) is 1. The normalized spacial score (nSPS) is 13.5. The minimum Gasteiger partial charge on any atom is -0.508 e. The van der Waals surface area contributed by atoms with Crippen molar-refractivity contribution in [3.63, 3.8) is 0 Å². The van der Waals surface area contributed by atoms with E-state index in [4.69, 9.17) is 14.9 Å². The van der Waals surface area contributed by atoms with Crippen LogP contribution in [-0.4, -0.2) is 28.6 Å². The molecule has 1 unspecified atom stereocenters. The molecule has 1 aromatic carbocycles. The maximum atomic E-state index is 9.17. The number of phenolic OH excluding ortho intramolecular Hbond substituents is 1. The van der Waals surface area contributed by atoms with Crippen LogP contribution in [0.4, 0.5) is 0 Å². The molecule has 0 bridgehead atoms. The van der Waals surface area contributed by atoms with Crippen molar-refractivity contribution in [1.29, 1.82) is 0 Å². The first-order valence-corrected chi connectivity index (χ1v) is 5.30. The maximum Gasteiger partial charge on any atom is 0.155 e. The van der Waals surface area contributed by atoms with Crippen LogP contribution < -0.4 is 10.1 Å². The monoisotopic (exact) mass is 225 g/mol. The highest BCUT2D eigenvalue weighted by molar-refractivity contribution is 5.30. The molecule has 0 aromatic heterocycles. The van der Waals surface area contributed by atoms with E-state index in [9.17, 15) is 0 Å². The highest BCUT2D eigenvalue weighted by atomic mass is 16.5. The Morgan fingerprint density at radius 3 is 2.38 bits per heavy atom. The van der Waals surface area contributed by atoms with Gasteiger partial charge in [0.1, 0.15) is 11.5 Å². The number of hydrogen-bond donors (Lipinski definition) is 3. The quantitative estimate of drug-likeness (QED) is 0.664. The summed E-state index contributed by atoms with van der Waals surface area (Å²) in [6.07, 6.45) is -0.414. The van der Waals surface area contributed by atoms with Crippen molar-refractivity contribution in [1.82, 2.24) is 5.32 Å². The molecular weight excluding hydrogens is 206 g/mol. The Kier molecular flexibility index (Phi) is 4.15. The van der Waals surface area contributed by atoms with Gasteiger partial charge >= 0.3 is 0 Å². The van der Waals surface area contributed by atoms with Crippen LogP contribution in [0, 0.1) is 0 Å². The van der Waals surface area contributed by atoms with E-state index in [2.05, 4.69) is 5.32 Å². The smallest absolute Gasteiger partial charge is 0.155 e. The van der Waals surface area contributed by atoms with Crippen LogP contribution in [-0.2, 0) is 0 Å². The van der Waals surface area contributed by atoms with E-state index in [1.165, 1.54) is 0 Å². The molecule has 1 rings (SSSR count). The third-order valence-electron chi connectivity index (χ3n) is 2.03. The van der Waals surface area contributed by atoms with E-state index < -0.39 is 11.8 Å². The van der Waals surface area contributed by atoms with Gasteiger partial charge in [-0.15, -0.1) is 0 Å². The molecule has 0 saturated carbocycles. The molecule has 0 spiro atoms. The predicted octanol–water partition coefficient (Wildman–Crippen LogP) is 1.48. The number of aromatic hydroxyl groups is 1. The molecule has 0 fully saturated rings. The van der Waals surface area contributed by atoms with Crippen molar-refractivity contribution in [3.8, 4) is 11.5 Å². The number of hydrogen-bond acceptors (Lipinski definition) is 4. The highest BCUT2D eigenvalue weighted by Crippen LogP contribution is 2.19. The Balaban J connectivity index is 2.54. The fourth-order valence-electron chi connectivity index (χ4n) is 1.24. The van der Waals surface area contributed by atoms with Gasteiger partial charge in [-0.2, -0.15) is 0 Å². The largest absolute Gasteiger partial charge is 0.508 e. The van der Waals surface area contributed by atoms with E-state index in [-0.39, 0.29) is 5.75 Å². The summed E-state index contributed by atoms with van der Waals surface area (Å²) in [5.41, 5.74) is -0.562. The molecule has 0 saturated heterocycles. The van der Waals surface area contributed by atoms with Crippen LogP contribution in [0.25, 0.3) is 0 Å². The number of ether oxygens (including phenoxy) is 1. The summed E-state index contributed by atoms with van der Waals surface area (Å²) < 4.78 is 5.67. The van der Waals surface area contributed by atoms with E-state index in [1.807, 2.05) is 13.8 Å². The topological polar surface area (TPSA) is 61.7 Å². The Bertz CT molecular complexity index is 320. The molecule has 4 nitrogen and oxygen atoms in total. The van der Waals surface area contributed by atoms with Gasteiger partial charge in [0.25, 0.3) is 0 Å². The fraction of sp³-hybridized carbons (Fsp3) is 0.500. The Morgan fingerprint density at radius 2 is 1.88 bits per heavy atom. The van der Waals surface area contributed by atoms with Gasteiger partial charge in [0.05, 0.1) is 6.10 Å². The third kappa shape index (κ3) is 4.51. The molecule has 0 heterocycles. The lowest BCUT2D eigenvalue weighted by Crippen LogP contribution is -2.47. The van der Waals surface area contributed by atoms with Crippen LogP contribution in [0.15, 0.2) is 24.3 Å². The van der Waals surface area contributed by atoms with Crippen molar-refractivity contribution in [2.45, 2.75) is 32.6 Å². The van der Waals surface area contributed by atoms with Gasteiger partial charge in [0.15, 0.2) is 5.72 Å². The van der Waals surface area contributed by atoms with Crippen molar-refractivity contribution >= 4 is 0 Å². The first-order chi connectivity index (χ1) is 7.39. The lowest BCUT2D eigenvalue weighted by atomic mass is 10.2. The zero-order valence-electron chi connectivity index (χ0n) is 9.90. The van der Waals surface area contributed by atoms with E-state index >= 15 is 0 Å². The first kappa shape index (κ1) is 12.8. The van der Waals surface area contributed by atoms with Crippen LogP contribution in [0.1, 0.15) is 20.8 Å². The standard InChI is InChI=1S/C12H19NO3/c1-9(14)8-13-12(2,3)16-11-6-4-10(15)5-7-11/h4-7,9,13-15H,8H2,1-3H3. The van der Waals surface area contributed by atoms with E-state index in [1.54, 1.807) is 31.2 Å². The van der Waals surface area contributed by atoms with Gasteiger partial charge in [0, 0.05) is 6.54 Å². The Labute approximate surface area is 95.9 Å². The minimum atomic E-state index is -0.562. The van der Waals surface area contributed by atoms with Gasteiger partial charge in [0.2, 0.25) is 0 Å². The zero-order chi connectivity index (χ0) is 12.2. The molecule has 0 radical (unpaired) electrons. The van der Waals surface area contributed by atoms with Gasteiger partial charge in [-0.1, -0.05) is 0 Å². The van der Waals surface area contributed by atoms with Crippen LogP contribution in [0.3, 0.4) is 0 Å². The molecule has 1 aromatic rings.